The summed E-state index contributed by atoms with van der Waals surface area (Å²) in [6.07, 6.45) is 3.45. The molecule has 3 aromatic carbocycles. The molecule has 0 saturated heterocycles. The Labute approximate surface area is 274 Å². The van der Waals surface area contributed by atoms with Gasteiger partial charge in [0.2, 0.25) is 0 Å². The number of rotatable bonds is 10. The molecule has 226 valence electrons. The van der Waals surface area contributed by atoms with E-state index in [2.05, 4.69) is 38.4 Å². The van der Waals surface area contributed by atoms with Gasteiger partial charge < -0.3 is 18.9 Å². The highest BCUT2D eigenvalue weighted by Crippen LogP contribution is 2.39. The van der Waals surface area contributed by atoms with Gasteiger partial charge in [0, 0.05) is 5.56 Å². The Hall–Kier alpha value is -3.93. The monoisotopic (exact) mass is 738 g/mol. The van der Waals surface area contributed by atoms with Crippen LogP contribution in [0.15, 0.2) is 97.6 Å². The molecule has 0 unspecified atom stereocenters. The van der Waals surface area contributed by atoms with Crippen molar-refractivity contribution in [3.05, 3.63) is 124 Å². The summed E-state index contributed by atoms with van der Waals surface area (Å²) in [6, 6.07) is 17.6. The third-order valence-corrected chi connectivity index (χ3v) is 8.92. The van der Waals surface area contributed by atoms with E-state index in [0.717, 1.165) is 11.1 Å². The molecule has 0 N–H and O–H groups in total. The number of fused-ring (bicyclic) bond motifs is 1. The van der Waals surface area contributed by atoms with E-state index in [1.807, 2.05) is 48.5 Å². The lowest BCUT2D eigenvalue weighted by Crippen LogP contribution is -2.40. The molecular formula is C33H28Br2N2O6S. The summed E-state index contributed by atoms with van der Waals surface area (Å²) in [5, 5.41) is 0. The fourth-order valence-electron chi connectivity index (χ4n) is 4.87. The van der Waals surface area contributed by atoms with Crippen LogP contribution in [0.25, 0.3) is 11.8 Å². The second-order valence-corrected chi connectivity index (χ2v) is 12.2. The number of hydrogen-bond donors (Lipinski definition) is 0. The molecule has 0 fully saturated rings. The fourth-order valence-corrected chi connectivity index (χ4v) is 7.32. The first-order valence-corrected chi connectivity index (χ1v) is 15.9. The molecule has 0 radical (unpaired) electrons. The van der Waals surface area contributed by atoms with Crippen LogP contribution in [0.4, 0.5) is 0 Å². The molecule has 0 bridgehead atoms. The highest BCUT2D eigenvalue weighted by Gasteiger charge is 2.35. The van der Waals surface area contributed by atoms with Crippen LogP contribution in [0, 0.1) is 0 Å². The Balaban J connectivity index is 1.79. The molecule has 0 saturated carbocycles. The molecule has 1 aromatic heterocycles. The SMILES string of the molecule is C=CCOc1c(Br)cc(/C=c2\sc3n(c2=O)[C@H](c2ccc(OC)c(OC)c2)C(C(=O)OCC)=C(c2ccccc2)N=3)cc1Br. The number of esters is 1. The van der Waals surface area contributed by atoms with Crippen molar-refractivity contribution < 1.29 is 23.7 Å². The third kappa shape index (κ3) is 6.17. The lowest BCUT2D eigenvalue weighted by Gasteiger charge is -2.26. The summed E-state index contributed by atoms with van der Waals surface area (Å²) < 4.78 is 25.7. The van der Waals surface area contributed by atoms with Crippen LogP contribution >= 0.6 is 43.2 Å². The number of benzene rings is 3. The molecule has 44 heavy (non-hydrogen) atoms. The van der Waals surface area contributed by atoms with Crippen LogP contribution in [0.3, 0.4) is 0 Å². The lowest BCUT2D eigenvalue weighted by molar-refractivity contribution is -0.138. The van der Waals surface area contributed by atoms with Gasteiger partial charge in [-0.2, -0.15) is 0 Å². The summed E-state index contributed by atoms with van der Waals surface area (Å²) >= 11 is 8.37. The predicted octanol–water partition coefficient (Wildman–Crippen LogP) is 6.04. The van der Waals surface area contributed by atoms with Gasteiger partial charge in [-0.3, -0.25) is 9.36 Å². The zero-order valence-corrected chi connectivity index (χ0v) is 28.1. The van der Waals surface area contributed by atoms with Gasteiger partial charge in [0.05, 0.1) is 51.6 Å². The Morgan fingerprint density at radius 1 is 1.05 bits per heavy atom. The van der Waals surface area contributed by atoms with Crippen molar-refractivity contribution in [1.29, 1.82) is 0 Å². The number of ether oxygens (including phenoxy) is 4. The van der Waals surface area contributed by atoms with Gasteiger partial charge in [0.1, 0.15) is 12.4 Å². The zero-order chi connectivity index (χ0) is 31.4. The average molecular weight is 740 g/mol. The molecule has 5 rings (SSSR count). The second-order valence-electron chi connectivity index (χ2n) is 9.46. The van der Waals surface area contributed by atoms with Crippen molar-refractivity contribution in [1.82, 2.24) is 4.57 Å². The fraction of sp³-hybridized carbons (Fsp3) is 0.182. The lowest BCUT2D eigenvalue weighted by atomic mass is 9.93. The molecule has 0 spiro atoms. The van der Waals surface area contributed by atoms with Crippen LogP contribution in [0.5, 0.6) is 17.2 Å². The van der Waals surface area contributed by atoms with E-state index in [1.54, 1.807) is 42.9 Å². The van der Waals surface area contributed by atoms with Gasteiger partial charge in [0.15, 0.2) is 16.3 Å². The van der Waals surface area contributed by atoms with Crippen LogP contribution in [0.1, 0.15) is 29.7 Å². The standard InChI is InChI=1S/C33H28Br2N2O6S/c1-5-14-43-30-22(34)15-19(16-23(30)35)17-26-31(38)37-29(21-12-13-24(40-3)25(18-21)41-4)27(32(39)42-6-2)28(36-33(37)44-26)20-10-8-7-9-11-20/h5,7-13,15-18,29H,1,6,14H2,2-4H3/b26-17-/t29-/m1/s1. The first-order valence-electron chi connectivity index (χ1n) is 13.5. The molecule has 1 aliphatic heterocycles. The van der Waals surface area contributed by atoms with E-state index in [1.165, 1.54) is 18.4 Å². The van der Waals surface area contributed by atoms with Gasteiger partial charge in [-0.1, -0.05) is 60.4 Å². The van der Waals surface area contributed by atoms with Crippen molar-refractivity contribution in [2.75, 3.05) is 27.4 Å². The molecule has 0 aliphatic carbocycles. The number of aromatic nitrogens is 1. The number of halogens is 2. The number of carbonyl (C=O) groups is 1. The third-order valence-electron chi connectivity index (χ3n) is 6.76. The highest BCUT2D eigenvalue weighted by molar-refractivity contribution is 9.11. The van der Waals surface area contributed by atoms with E-state index in [0.29, 0.717) is 53.4 Å². The highest BCUT2D eigenvalue weighted by atomic mass is 79.9. The second kappa shape index (κ2) is 13.8. The first kappa shape index (κ1) is 31.5. The minimum absolute atomic E-state index is 0.156. The molecule has 2 heterocycles. The van der Waals surface area contributed by atoms with E-state index in [9.17, 15) is 9.59 Å². The van der Waals surface area contributed by atoms with Crippen LogP contribution in [0.2, 0.25) is 0 Å². The number of hydrogen-bond acceptors (Lipinski definition) is 8. The molecular weight excluding hydrogens is 712 g/mol. The molecule has 0 amide bonds. The topological polar surface area (TPSA) is 88.3 Å². The zero-order valence-electron chi connectivity index (χ0n) is 24.1. The number of carbonyl (C=O) groups excluding carboxylic acids is 1. The molecule has 8 nitrogen and oxygen atoms in total. The summed E-state index contributed by atoms with van der Waals surface area (Å²) in [6.45, 7) is 5.94. The first-order chi connectivity index (χ1) is 21.3. The van der Waals surface area contributed by atoms with Crippen molar-refractivity contribution in [3.63, 3.8) is 0 Å². The van der Waals surface area contributed by atoms with Gasteiger partial charge in [-0.25, -0.2) is 9.79 Å². The van der Waals surface area contributed by atoms with Gasteiger partial charge in [0.25, 0.3) is 5.56 Å². The Morgan fingerprint density at radius 2 is 1.75 bits per heavy atom. The van der Waals surface area contributed by atoms with Crippen molar-refractivity contribution in [2.24, 2.45) is 4.99 Å². The minimum Gasteiger partial charge on any atom is -0.493 e. The van der Waals surface area contributed by atoms with Crippen LogP contribution in [-0.2, 0) is 9.53 Å². The van der Waals surface area contributed by atoms with Crippen molar-refractivity contribution in [3.8, 4) is 17.2 Å². The number of nitrogens with zero attached hydrogens (tertiary/aromatic N) is 2. The summed E-state index contributed by atoms with van der Waals surface area (Å²) in [4.78, 5) is 33.3. The van der Waals surface area contributed by atoms with Gasteiger partial charge >= 0.3 is 5.97 Å². The summed E-state index contributed by atoms with van der Waals surface area (Å²) in [5.74, 6) is 1.04. The Morgan fingerprint density at radius 3 is 2.39 bits per heavy atom. The molecule has 11 heteroatoms. The van der Waals surface area contributed by atoms with Gasteiger partial charge in [-0.15, -0.1) is 0 Å². The molecule has 1 aliphatic rings. The normalized spacial score (nSPS) is 14.5. The molecule has 4 aromatic rings. The summed E-state index contributed by atoms with van der Waals surface area (Å²) in [5.41, 5.74) is 2.50. The number of thiazole rings is 1. The smallest absolute Gasteiger partial charge is 0.338 e. The average Bonchev–Trinajstić information content (AvgIpc) is 3.34. The maximum absolute atomic E-state index is 14.2. The number of methoxy groups -OCH3 is 2. The Bertz CT molecular complexity index is 1930. The van der Waals surface area contributed by atoms with Crippen LogP contribution < -0.4 is 29.1 Å². The Kier molecular flexibility index (Phi) is 9.87. The molecule has 1 atom stereocenters. The summed E-state index contributed by atoms with van der Waals surface area (Å²) in [7, 11) is 3.08. The van der Waals surface area contributed by atoms with Gasteiger partial charge in [-0.05, 0) is 80.3 Å². The largest absolute Gasteiger partial charge is 0.493 e. The minimum atomic E-state index is -0.851. The van der Waals surface area contributed by atoms with Crippen molar-refractivity contribution >= 4 is 60.9 Å². The maximum Gasteiger partial charge on any atom is 0.338 e. The van der Waals surface area contributed by atoms with Crippen LogP contribution in [-0.4, -0.2) is 38.0 Å². The predicted molar refractivity (Wildman–Crippen MR) is 178 cm³/mol. The van der Waals surface area contributed by atoms with E-state index < -0.39 is 12.0 Å². The van der Waals surface area contributed by atoms with E-state index in [-0.39, 0.29) is 17.7 Å². The van der Waals surface area contributed by atoms with Crippen molar-refractivity contribution in [2.45, 2.75) is 13.0 Å². The quantitative estimate of drug-likeness (QED) is 0.146. The van der Waals surface area contributed by atoms with E-state index in [4.69, 9.17) is 23.9 Å². The van der Waals surface area contributed by atoms with E-state index >= 15 is 0 Å². The maximum atomic E-state index is 14.2.